The van der Waals surface area contributed by atoms with E-state index in [0.717, 1.165) is 11.8 Å². The lowest BCUT2D eigenvalue weighted by Crippen LogP contribution is -2.61. The maximum absolute atomic E-state index is 13.9. The van der Waals surface area contributed by atoms with E-state index >= 15 is 0 Å². The van der Waals surface area contributed by atoms with Crippen molar-refractivity contribution in [1.82, 2.24) is 0 Å². The Bertz CT molecular complexity index is 2180. The molecule has 0 spiro atoms. The molecule has 60 heavy (non-hydrogen) atoms. The number of hydrogen-bond donors (Lipinski definition) is 9. The topological polar surface area (TPSA) is 273 Å². The summed E-state index contributed by atoms with van der Waals surface area (Å²) in [6.07, 6.45) is -20.3. The minimum atomic E-state index is -2.01. The van der Waals surface area contributed by atoms with Crippen molar-refractivity contribution in [2.45, 2.75) is 78.8 Å². The zero-order valence-corrected chi connectivity index (χ0v) is 31.9. The van der Waals surface area contributed by atoms with Gasteiger partial charge in [-0.25, -0.2) is 14.0 Å². The first kappa shape index (κ1) is 42.9. The zero-order chi connectivity index (χ0) is 43.0. The summed E-state index contributed by atoms with van der Waals surface area (Å²) in [5.74, 6) is -4.10. The fourth-order valence-electron chi connectivity index (χ4n) is 7.15. The van der Waals surface area contributed by atoms with E-state index in [2.05, 4.69) is 0 Å². The Hall–Kier alpha value is -5.19. The number of aliphatic hydroxyl groups excluding tert-OH is 7. The highest BCUT2D eigenvalue weighted by molar-refractivity contribution is 8.00. The van der Waals surface area contributed by atoms with Crippen molar-refractivity contribution < 1.29 is 83.7 Å². The van der Waals surface area contributed by atoms with Crippen LogP contribution in [0.1, 0.15) is 23.3 Å². The molecule has 0 saturated carbocycles. The van der Waals surface area contributed by atoms with Crippen molar-refractivity contribution in [3.8, 4) is 22.6 Å². The first-order valence-electron chi connectivity index (χ1n) is 18.5. The van der Waals surface area contributed by atoms with E-state index in [1.807, 2.05) is 0 Å². The van der Waals surface area contributed by atoms with E-state index in [9.17, 15) is 64.7 Å². The summed E-state index contributed by atoms with van der Waals surface area (Å²) >= 11 is 1.12. The largest absolute Gasteiger partial charge is 0.479 e. The predicted octanol–water partition coefficient (Wildman–Crippen LogP) is 0.958. The lowest BCUT2D eigenvalue weighted by atomic mass is 9.90. The second-order valence-corrected chi connectivity index (χ2v) is 15.5. The van der Waals surface area contributed by atoms with Crippen LogP contribution >= 0.6 is 11.8 Å². The predicted molar refractivity (Wildman–Crippen MR) is 206 cm³/mol. The van der Waals surface area contributed by atoms with E-state index in [1.165, 1.54) is 53.4 Å². The molecule has 13 atom stereocenters. The van der Waals surface area contributed by atoms with Crippen LogP contribution in [0.15, 0.2) is 97.1 Å². The lowest BCUT2D eigenvalue weighted by molar-refractivity contribution is -0.271. The molecule has 0 bridgehead atoms. The van der Waals surface area contributed by atoms with Crippen LogP contribution in [0, 0.1) is 5.82 Å². The van der Waals surface area contributed by atoms with Gasteiger partial charge in [-0.2, -0.15) is 0 Å². The van der Waals surface area contributed by atoms with Crippen molar-refractivity contribution >= 4 is 35.3 Å². The number of β-lactam (4-membered cyclic amide) rings is 1. The molecular weight excluding hydrogens is 814 g/mol. The van der Waals surface area contributed by atoms with Gasteiger partial charge in [-0.05, 0) is 59.2 Å². The maximum Gasteiger partial charge on any atom is 0.335 e. The van der Waals surface area contributed by atoms with Crippen LogP contribution in [-0.2, 0) is 23.9 Å². The Morgan fingerprint density at radius 1 is 0.700 bits per heavy atom. The monoisotopic (exact) mass is 853 g/mol. The van der Waals surface area contributed by atoms with Gasteiger partial charge in [-0.3, -0.25) is 4.79 Å². The third kappa shape index (κ3) is 8.54. The number of rotatable bonds is 13. The standard InChI is InChI=1S/C41H40FNO16S/c42-21-12-9-18(10-13-21)25(44)17-60-36-27(43(37(36)51)22-6-2-1-3-7-22)24-14-11-20(16-26(24)57-41-33(50)29(46)31(48)35(59-41)39(54)55)19-5-4-8-23(15-19)56-40-32(49)28(45)30(47)34(58-40)38(52)53/h1-16,25,27-36,40-41,44-50H,17H2,(H,52,53)(H,54,55)/t25-,27+,28?,29?,30-,31-,32?,33?,34?,35?,36+,40?,41+/m0/s1. The minimum Gasteiger partial charge on any atom is -0.479 e. The first-order valence-corrected chi connectivity index (χ1v) is 19.6. The summed E-state index contributed by atoms with van der Waals surface area (Å²) in [5.41, 5.74) is 2.03. The van der Waals surface area contributed by atoms with Gasteiger partial charge in [0.05, 0.1) is 12.1 Å². The van der Waals surface area contributed by atoms with E-state index in [1.54, 1.807) is 48.5 Å². The van der Waals surface area contributed by atoms with Crippen LogP contribution in [0.2, 0.25) is 0 Å². The Labute approximate surface area is 344 Å². The number of anilines is 1. The second kappa shape index (κ2) is 17.8. The Morgan fingerprint density at radius 2 is 1.28 bits per heavy atom. The number of carbonyl (C=O) groups excluding carboxylic acids is 1. The van der Waals surface area contributed by atoms with Gasteiger partial charge in [-0.15, -0.1) is 11.8 Å². The van der Waals surface area contributed by atoms with Gasteiger partial charge in [0.25, 0.3) is 0 Å². The summed E-state index contributed by atoms with van der Waals surface area (Å²) in [6, 6.07) is 23.9. The van der Waals surface area contributed by atoms with Crippen LogP contribution in [0.5, 0.6) is 11.5 Å². The molecule has 0 aliphatic carbocycles. The number of benzene rings is 4. The Balaban J connectivity index is 1.26. The fraction of sp³-hybridized carbons (Fsp3) is 0.341. The van der Waals surface area contributed by atoms with Gasteiger partial charge in [0, 0.05) is 17.0 Å². The number of carboxylic acids is 2. The minimum absolute atomic E-state index is 0.0136. The molecule has 3 saturated heterocycles. The third-order valence-electron chi connectivity index (χ3n) is 10.4. The van der Waals surface area contributed by atoms with Gasteiger partial charge in [-0.1, -0.05) is 54.6 Å². The number of para-hydroxylation sites is 1. The molecule has 9 N–H and O–H groups in total. The van der Waals surface area contributed by atoms with Crippen molar-refractivity contribution in [1.29, 1.82) is 0 Å². The van der Waals surface area contributed by atoms with Gasteiger partial charge < -0.3 is 69.8 Å². The van der Waals surface area contributed by atoms with Gasteiger partial charge in [0.1, 0.15) is 59.2 Å². The molecule has 3 aliphatic heterocycles. The molecule has 0 aromatic heterocycles. The van der Waals surface area contributed by atoms with E-state index in [-0.39, 0.29) is 23.2 Å². The number of hydrogen-bond acceptors (Lipinski definition) is 15. The van der Waals surface area contributed by atoms with Crippen molar-refractivity contribution in [3.05, 3.63) is 114 Å². The van der Waals surface area contributed by atoms with E-state index in [0.29, 0.717) is 27.9 Å². The first-order chi connectivity index (χ1) is 28.6. The molecule has 3 aliphatic rings. The average Bonchev–Trinajstić information content (AvgIpc) is 3.23. The maximum atomic E-state index is 13.9. The summed E-state index contributed by atoms with van der Waals surface area (Å²) in [6.45, 7) is 0. The van der Waals surface area contributed by atoms with Crippen molar-refractivity contribution in [2.24, 2.45) is 0 Å². The van der Waals surface area contributed by atoms with Crippen LogP contribution in [0.4, 0.5) is 10.1 Å². The molecule has 0 radical (unpaired) electrons. The number of halogens is 1. The van der Waals surface area contributed by atoms with Gasteiger partial charge in [0.2, 0.25) is 18.5 Å². The fourth-order valence-corrected chi connectivity index (χ4v) is 8.44. The van der Waals surface area contributed by atoms with Crippen molar-refractivity contribution in [2.75, 3.05) is 10.7 Å². The molecule has 19 heteroatoms. The SMILES string of the molecule is O=C(O)C1OC(Oc2cccc(-c3ccc([C@@H]4[C@@H](SC[C@H](O)c5ccc(F)cc5)C(=O)N4c4ccccc4)c(O[C@@H]4OC(C(=O)O)[C@@H](O)C(O)C4O)c3)c2)C(O)C(O)[C@@H]1O. The molecule has 3 fully saturated rings. The second-order valence-electron chi connectivity index (χ2n) is 14.3. The molecule has 7 unspecified atom stereocenters. The number of nitrogens with zero attached hydrogens (tertiary/aromatic N) is 1. The van der Waals surface area contributed by atoms with E-state index < -0.39 is 96.6 Å². The van der Waals surface area contributed by atoms with Crippen LogP contribution in [-0.4, -0.2) is 136 Å². The summed E-state index contributed by atoms with van der Waals surface area (Å²) in [4.78, 5) is 39.0. The molecule has 4 aromatic carbocycles. The molecule has 318 valence electrons. The third-order valence-corrected chi connectivity index (χ3v) is 11.7. The van der Waals surface area contributed by atoms with Gasteiger partial charge in [0.15, 0.2) is 12.2 Å². The quantitative estimate of drug-likeness (QED) is 0.0848. The summed E-state index contributed by atoms with van der Waals surface area (Å²) < 4.78 is 36.2. The van der Waals surface area contributed by atoms with Gasteiger partial charge >= 0.3 is 11.9 Å². The lowest BCUT2D eigenvalue weighted by Gasteiger charge is -2.48. The average molecular weight is 854 g/mol. The summed E-state index contributed by atoms with van der Waals surface area (Å²) in [5, 5.41) is 92.1. The number of aliphatic carboxylic acids is 2. The number of ether oxygens (including phenoxy) is 4. The normalized spacial score (nSPS) is 30.9. The highest BCUT2D eigenvalue weighted by atomic mass is 32.2. The Kier molecular flexibility index (Phi) is 12.7. The highest BCUT2D eigenvalue weighted by Crippen LogP contribution is 2.49. The Morgan fingerprint density at radius 3 is 1.88 bits per heavy atom. The van der Waals surface area contributed by atoms with Crippen LogP contribution in [0.3, 0.4) is 0 Å². The molecule has 7 rings (SSSR count). The summed E-state index contributed by atoms with van der Waals surface area (Å²) in [7, 11) is 0. The van der Waals surface area contributed by atoms with Crippen molar-refractivity contribution in [3.63, 3.8) is 0 Å². The smallest absolute Gasteiger partial charge is 0.335 e. The van der Waals surface area contributed by atoms with Crippen LogP contribution < -0.4 is 14.4 Å². The molecule has 1 amide bonds. The number of carbonyl (C=O) groups is 3. The number of amides is 1. The zero-order valence-electron chi connectivity index (χ0n) is 31.1. The van der Waals surface area contributed by atoms with Crippen LogP contribution in [0.25, 0.3) is 11.1 Å². The number of thioether (sulfide) groups is 1. The molecule has 17 nitrogen and oxygen atoms in total. The molecule has 4 aromatic rings. The molecule has 3 heterocycles. The number of aliphatic hydroxyl groups is 7. The highest BCUT2D eigenvalue weighted by Gasteiger charge is 2.52. The number of carboxylic acid groups (broad SMARTS) is 2. The van der Waals surface area contributed by atoms with E-state index in [4.69, 9.17) is 18.9 Å². The molecular formula is C41H40FNO16S.